The minimum Gasteiger partial charge on any atom is -0.462 e. The van der Waals surface area contributed by atoms with Crippen LogP contribution in [-0.2, 0) is 14.2 Å². The van der Waals surface area contributed by atoms with Crippen molar-refractivity contribution >= 4 is 28.6 Å². The summed E-state index contributed by atoms with van der Waals surface area (Å²) in [6.07, 6.45) is -23.9. The molecule has 0 N–H and O–H groups in total. The predicted octanol–water partition coefficient (Wildman–Crippen LogP) is 4.56. The highest BCUT2D eigenvalue weighted by molar-refractivity contribution is 14.1. The molecular formula is C16H20F3IO4. The average Bonchev–Trinajstić information content (AvgIpc) is 2.70. The molecule has 8 heteroatoms. The van der Waals surface area contributed by atoms with Gasteiger partial charge in [-0.05, 0) is 60.2 Å². The molecule has 0 radical (unpaired) electrons. The Kier molecular flexibility index (Phi) is 3.59. The van der Waals surface area contributed by atoms with E-state index in [4.69, 9.17) is 21.9 Å². The van der Waals surface area contributed by atoms with Crippen molar-refractivity contribution in [1.29, 1.82) is 0 Å². The van der Waals surface area contributed by atoms with Crippen LogP contribution in [-0.4, -0.2) is 38.6 Å². The van der Waals surface area contributed by atoms with E-state index >= 15 is 0 Å². The van der Waals surface area contributed by atoms with E-state index in [-0.39, 0.29) is 9.13 Å². The van der Waals surface area contributed by atoms with Crippen LogP contribution in [0, 0.1) is 3.57 Å². The Hall–Kier alpha value is -0.870. The number of carbonyl (C=O) groups excluding carboxylic acids is 1. The van der Waals surface area contributed by atoms with Crippen LogP contribution < -0.4 is 0 Å². The Bertz CT molecular complexity index is 1100. The van der Waals surface area contributed by atoms with Crippen LogP contribution in [0.1, 0.15) is 57.8 Å². The van der Waals surface area contributed by atoms with Gasteiger partial charge in [-0.3, -0.25) is 4.74 Å². The van der Waals surface area contributed by atoms with Gasteiger partial charge >= 0.3 is 12.3 Å². The van der Waals surface area contributed by atoms with Gasteiger partial charge in [-0.15, -0.1) is 13.2 Å². The Morgan fingerprint density at radius 3 is 2.25 bits per heavy atom. The highest BCUT2D eigenvalue weighted by Gasteiger charge is 2.28. The molecule has 136 valence electrons. The first-order valence-electron chi connectivity index (χ1n) is 13.8. The molecule has 0 saturated carbocycles. The zero-order valence-corrected chi connectivity index (χ0v) is 13.6. The smallest absolute Gasteiger partial charge is 0.462 e. The third-order valence-electron chi connectivity index (χ3n) is 1.84. The largest absolute Gasteiger partial charge is 0.522 e. The second-order valence-electron chi connectivity index (χ2n) is 3.43. The van der Waals surface area contributed by atoms with E-state index in [9.17, 15) is 18.0 Å². The summed E-state index contributed by atoms with van der Waals surface area (Å²) in [7, 11) is 0. The van der Waals surface area contributed by atoms with Crippen molar-refractivity contribution in [2.45, 2.75) is 31.9 Å². The van der Waals surface area contributed by atoms with Gasteiger partial charge in [-0.1, -0.05) is 12.1 Å². The van der Waals surface area contributed by atoms with Crippen molar-refractivity contribution in [2.75, 3.05) is 26.2 Å². The molecule has 1 aromatic rings. The Morgan fingerprint density at radius 1 is 1.04 bits per heavy atom. The van der Waals surface area contributed by atoms with Crippen LogP contribution >= 0.6 is 22.6 Å². The van der Waals surface area contributed by atoms with Crippen molar-refractivity contribution < 1.29 is 54.1 Å². The van der Waals surface area contributed by atoms with Gasteiger partial charge in [0.25, 0.3) is 0 Å². The first-order chi connectivity index (χ1) is 17.3. The molecule has 1 aromatic carbocycles. The highest BCUT2D eigenvalue weighted by atomic mass is 127. The minimum absolute atomic E-state index is 0.196. The summed E-state index contributed by atoms with van der Waals surface area (Å²) >= 11 is 1.64. The van der Waals surface area contributed by atoms with Crippen LogP contribution in [0.4, 0.5) is 13.2 Å². The lowest BCUT2D eigenvalue weighted by Gasteiger charge is -2.08. The van der Waals surface area contributed by atoms with Crippen LogP contribution in [0.15, 0.2) is 24.3 Å². The quantitative estimate of drug-likeness (QED) is 0.347. The average molecular weight is 476 g/mol. The van der Waals surface area contributed by atoms with E-state index in [1.54, 1.807) is 22.6 Å². The molecular weight excluding hydrogens is 440 g/mol. The standard InChI is InChI=1S/C16H20F3IO4/c17-16(18,19)24-12-6-4-10-22-9-3-5-11-23-15(21)13-7-1-2-8-14(13)20/h1-2,7-8H,3-6,9-12H2/i3D2,4D2,5D2,6D2,9D2,10D2,11D2,12D2. The van der Waals surface area contributed by atoms with Gasteiger partial charge in [0.2, 0.25) is 0 Å². The lowest BCUT2D eigenvalue weighted by atomic mass is 10.2. The molecule has 0 saturated heterocycles. The van der Waals surface area contributed by atoms with Gasteiger partial charge in [-0.2, -0.15) is 0 Å². The van der Waals surface area contributed by atoms with Gasteiger partial charge in [0, 0.05) is 27.7 Å². The minimum atomic E-state index is -5.90. The maximum absolute atomic E-state index is 12.6. The second kappa shape index (κ2) is 11.6. The number of alkyl halides is 3. The number of benzene rings is 1. The van der Waals surface area contributed by atoms with Crippen molar-refractivity contribution in [3.05, 3.63) is 33.4 Å². The molecule has 24 heavy (non-hydrogen) atoms. The predicted molar refractivity (Wildman–Crippen MR) is 90.7 cm³/mol. The molecule has 0 fully saturated rings. The summed E-state index contributed by atoms with van der Waals surface area (Å²) in [4.78, 5) is 12.4. The van der Waals surface area contributed by atoms with E-state index in [0.29, 0.717) is 0 Å². The lowest BCUT2D eigenvalue weighted by Crippen LogP contribution is -2.14. The number of carbonyl (C=O) groups is 1. The van der Waals surface area contributed by atoms with E-state index in [2.05, 4.69) is 14.2 Å². The molecule has 0 aliphatic carbocycles. The van der Waals surface area contributed by atoms with Crippen molar-refractivity contribution in [1.82, 2.24) is 0 Å². The fraction of sp³-hybridized carbons (Fsp3) is 0.562. The highest BCUT2D eigenvalue weighted by Crippen LogP contribution is 2.16. The third-order valence-corrected chi connectivity index (χ3v) is 2.78. The molecule has 0 aliphatic rings. The third kappa shape index (κ3) is 10.1. The van der Waals surface area contributed by atoms with Gasteiger partial charge in [-0.25, -0.2) is 4.79 Å². The molecule has 0 amide bonds. The number of hydrogen-bond donors (Lipinski definition) is 0. The molecule has 4 nitrogen and oxygen atoms in total. The van der Waals surface area contributed by atoms with Crippen molar-refractivity contribution in [3.63, 3.8) is 0 Å². The summed E-state index contributed by atoms with van der Waals surface area (Å²) in [5.41, 5.74) is -0.301. The maximum Gasteiger partial charge on any atom is 0.522 e. The number of ether oxygens (including phenoxy) is 3. The summed E-state index contributed by atoms with van der Waals surface area (Å²) in [5, 5.41) is 0. The zero-order valence-electron chi connectivity index (χ0n) is 27.5. The summed E-state index contributed by atoms with van der Waals surface area (Å²) < 4.78 is 172. The van der Waals surface area contributed by atoms with Crippen molar-refractivity contribution in [2.24, 2.45) is 0 Å². The number of rotatable bonds is 11. The number of hydrogen-bond acceptors (Lipinski definition) is 4. The first-order valence-corrected chi connectivity index (χ1v) is 6.84. The Morgan fingerprint density at radius 2 is 1.62 bits per heavy atom. The Labute approximate surface area is 175 Å². The van der Waals surface area contributed by atoms with E-state index in [1.807, 2.05) is 0 Å². The van der Waals surface area contributed by atoms with Crippen LogP contribution in [0.2, 0.25) is 0 Å². The Balaban J connectivity index is 3.44. The normalized spacial score (nSPS) is 26.2. The summed E-state index contributed by atoms with van der Waals surface area (Å²) in [6.45, 7) is -17.8. The summed E-state index contributed by atoms with van der Waals surface area (Å²) in [6, 6.07) is 5.32. The van der Waals surface area contributed by atoms with E-state index in [1.165, 1.54) is 18.2 Å². The molecule has 0 aliphatic heterocycles. The molecule has 0 unspecified atom stereocenters. The lowest BCUT2D eigenvalue weighted by molar-refractivity contribution is -0.324. The topological polar surface area (TPSA) is 44.8 Å². The fourth-order valence-corrected chi connectivity index (χ4v) is 1.62. The van der Waals surface area contributed by atoms with Crippen LogP contribution in [0.3, 0.4) is 0 Å². The molecule has 0 bridgehead atoms. The van der Waals surface area contributed by atoms with Gasteiger partial charge in [0.05, 0.1) is 29.6 Å². The number of esters is 1. The molecule has 0 aromatic heterocycles. The van der Waals surface area contributed by atoms with Gasteiger partial charge < -0.3 is 9.47 Å². The first kappa shape index (κ1) is 7.40. The fourth-order valence-electron chi connectivity index (χ4n) is 1.02. The SMILES string of the molecule is [2H]C([2H])(OC(=O)c1ccccc1I)C([2H])([2H])C([2H])([2H])C([2H])([2H])OC([2H])([2H])C([2H])([2H])C([2H])([2H])C([2H])([2H])OC(F)(F)F. The molecule has 1 rings (SSSR count). The van der Waals surface area contributed by atoms with Gasteiger partial charge in [0.15, 0.2) is 0 Å². The summed E-state index contributed by atoms with van der Waals surface area (Å²) in [5.74, 6) is -1.53. The van der Waals surface area contributed by atoms with Crippen LogP contribution in [0.25, 0.3) is 0 Å². The monoisotopic (exact) mass is 476 g/mol. The second-order valence-corrected chi connectivity index (χ2v) is 4.59. The maximum atomic E-state index is 12.6. The van der Waals surface area contributed by atoms with E-state index < -0.39 is 64.1 Å². The number of halogens is 4. The van der Waals surface area contributed by atoms with Gasteiger partial charge in [0.1, 0.15) is 0 Å². The molecule has 0 spiro atoms. The molecule has 0 atom stereocenters. The van der Waals surface area contributed by atoms with E-state index in [0.717, 1.165) is 6.07 Å². The zero-order chi connectivity index (χ0) is 32.2. The molecule has 0 heterocycles. The van der Waals surface area contributed by atoms with Crippen LogP contribution in [0.5, 0.6) is 0 Å². The van der Waals surface area contributed by atoms with Crippen molar-refractivity contribution in [3.8, 4) is 0 Å².